The van der Waals surface area contributed by atoms with Crippen LogP contribution in [0.5, 0.6) is 0 Å². The van der Waals surface area contributed by atoms with Crippen LogP contribution in [0.3, 0.4) is 0 Å². The van der Waals surface area contributed by atoms with Crippen molar-refractivity contribution in [1.82, 2.24) is 9.78 Å². The average molecular weight is 197 g/mol. The molecule has 0 aliphatic rings. The van der Waals surface area contributed by atoms with Crippen molar-refractivity contribution in [3.8, 4) is 0 Å². The lowest BCUT2D eigenvalue weighted by atomic mass is 10.3. The fraction of sp³-hybridized carbons (Fsp3) is 0.143. The summed E-state index contributed by atoms with van der Waals surface area (Å²) in [5, 5.41) is 22.2. The molecule has 0 amide bonds. The second-order valence-electron chi connectivity index (χ2n) is 2.54. The molecule has 0 atom stereocenters. The number of carboxylic acids is 1. The van der Waals surface area contributed by atoms with Gasteiger partial charge in [-0.05, 0) is 4.92 Å². The van der Waals surface area contributed by atoms with E-state index in [4.69, 9.17) is 5.11 Å². The molecule has 0 aromatic carbocycles. The van der Waals surface area contributed by atoms with Crippen molar-refractivity contribution < 1.29 is 14.8 Å². The summed E-state index contributed by atoms with van der Waals surface area (Å²) < 4.78 is 1.15. The van der Waals surface area contributed by atoms with E-state index in [9.17, 15) is 14.9 Å². The molecule has 0 unspecified atom stereocenters. The Kier molecular flexibility index (Phi) is 2.61. The fourth-order valence-corrected chi connectivity index (χ4v) is 0.800. The van der Waals surface area contributed by atoms with Crippen LogP contribution in [0, 0.1) is 10.1 Å². The van der Waals surface area contributed by atoms with Crippen molar-refractivity contribution in [2.75, 3.05) is 0 Å². The van der Waals surface area contributed by atoms with Gasteiger partial charge in [-0.1, -0.05) is 6.58 Å². The summed E-state index contributed by atoms with van der Waals surface area (Å²) in [5.74, 6) is -1.47. The van der Waals surface area contributed by atoms with Crippen molar-refractivity contribution in [1.29, 1.82) is 0 Å². The van der Waals surface area contributed by atoms with Gasteiger partial charge >= 0.3 is 11.8 Å². The zero-order valence-electron chi connectivity index (χ0n) is 7.08. The summed E-state index contributed by atoms with van der Waals surface area (Å²) in [6, 6.07) is 1.19. The molecule has 1 heterocycles. The molecule has 0 fully saturated rings. The molecule has 7 heteroatoms. The highest BCUT2D eigenvalue weighted by molar-refractivity contribution is 5.85. The van der Waals surface area contributed by atoms with Gasteiger partial charge < -0.3 is 15.2 Å². The van der Waals surface area contributed by atoms with E-state index in [0.29, 0.717) is 0 Å². The second-order valence-corrected chi connectivity index (χ2v) is 2.54. The molecule has 1 aromatic heterocycles. The number of nitrogens with zero attached hydrogens (tertiary/aromatic N) is 3. The maximum atomic E-state index is 10.4. The number of carboxylic acid groups (broad SMARTS) is 1. The second kappa shape index (κ2) is 3.69. The number of rotatable bonds is 4. The number of nitro groups is 1. The molecular weight excluding hydrogens is 190 g/mol. The summed E-state index contributed by atoms with van der Waals surface area (Å²) >= 11 is 0. The van der Waals surface area contributed by atoms with Gasteiger partial charge in [0.15, 0.2) is 0 Å². The molecule has 0 saturated heterocycles. The fourth-order valence-electron chi connectivity index (χ4n) is 0.800. The molecule has 14 heavy (non-hydrogen) atoms. The standard InChI is InChI=1S/C7H7N3O4/c1-5(7(11)12)4-9-3-2-6(8-9)10(13)14/h2-3H,1,4H2,(H,11,12). The highest BCUT2D eigenvalue weighted by Gasteiger charge is 2.13. The smallest absolute Gasteiger partial charge is 0.389 e. The Labute approximate surface area is 78.4 Å². The summed E-state index contributed by atoms with van der Waals surface area (Å²) in [6.45, 7) is 3.21. The monoisotopic (exact) mass is 197 g/mol. The predicted molar refractivity (Wildman–Crippen MR) is 45.7 cm³/mol. The molecule has 1 aromatic rings. The van der Waals surface area contributed by atoms with Crippen LogP contribution in [-0.4, -0.2) is 25.8 Å². The van der Waals surface area contributed by atoms with Gasteiger partial charge in [0.05, 0.1) is 29.5 Å². The van der Waals surface area contributed by atoms with Gasteiger partial charge in [0.25, 0.3) is 0 Å². The Bertz CT molecular complexity index is 395. The SMILES string of the molecule is C=C(Cn1ccc([N+](=O)[O-])n1)C(=O)O. The van der Waals surface area contributed by atoms with Crippen molar-refractivity contribution in [3.63, 3.8) is 0 Å². The van der Waals surface area contributed by atoms with E-state index in [0.717, 1.165) is 4.68 Å². The summed E-state index contributed by atoms with van der Waals surface area (Å²) in [7, 11) is 0. The number of aromatic nitrogens is 2. The van der Waals surface area contributed by atoms with Crippen molar-refractivity contribution in [2.24, 2.45) is 0 Å². The Morgan fingerprint density at radius 2 is 2.43 bits per heavy atom. The Hall–Kier alpha value is -2.18. The molecule has 1 N–H and O–H groups in total. The van der Waals surface area contributed by atoms with Crippen molar-refractivity contribution >= 4 is 11.8 Å². The summed E-state index contributed by atoms with van der Waals surface area (Å²) in [6.07, 6.45) is 1.33. The topological polar surface area (TPSA) is 98.3 Å². The number of aliphatic carboxylic acids is 1. The van der Waals surface area contributed by atoms with Crippen molar-refractivity contribution in [3.05, 3.63) is 34.5 Å². The highest BCUT2D eigenvalue weighted by Crippen LogP contribution is 2.06. The minimum atomic E-state index is -1.15. The normalized spacial score (nSPS) is 9.71. The molecule has 1 rings (SSSR count). The Morgan fingerprint density at radius 3 is 2.86 bits per heavy atom. The molecule has 0 aliphatic heterocycles. The summed E-state index contributed by atoms with van der Waals surface area (Å²) in [4.78, 5) is 19.9. The maximum absolute atomic E-state index is 10.4. The molecule has 0 radical (unpaired) electrons. The van der Waals surface area contributed by atoms with Crippen LogP contribution in [0.1, 0.15) is 0 Å². The van der Waals surface area contributed by atoms with Crippen LogP contribution in [0.25, 0.3) is 0 Å². The first kappa shape index (κ1) is 9.90. The van der Waals surface area contributed by atoms with E-state index in [1.165, 1.54) is 12.3 Å². The molecule has 0 aliphatic carbocycles. The van der Waals surface area contributed by atoms with Gasteiger partial charge in [0.2, 0.25) is 0 Å². The summed E-state index contributed by atoms with van der Waals surface area (Å²) in [5.41, 5.74) is -0.0806. The van der Waals surface area contributed by atoms with E-state index in [2.05, 4.69) is 11.7 Å². The quantitative estimate of drug-likeness (QED) is 0.428. The Balaban J connectivity index is 2.74. The van der Waals surface area contributed by atoms with E-state index < -0.39 is 10.9 Å². The third-order valence-electron chi connectivity index (χ3n) is 1.47. The van der Waals surface area contributed by atoms with Gasteiger partial charge in [-0.2, -0.15) is 4.68 Å². The van der Waals surface area contributed by atoms with Gasteiger partial charge in [0, 0.05) is 0 Å². The van der Waals surface area contributed by atoms with E-state index >= 15 is 0 Å². The van der Waals surface area contributed by atoms with Gasteiger partial charge in [-0.3, -0.25) is 0 Å². The van der Waals surface area contributed by atoms with Crippen molar-refractivity contribution in [2.45, 2.75) is 6.54 Å². The molecular formula is C7H7N3O4. The van der Waals surface area contributed by atoms with E-state index in [-0.39, 0.29) is 17.9 Å². The first-order valence-electron chi connectivity index (χ1n) is 3.59. The number of hydrogen-bond donors (Lipinski definition) is 1. The van der Waals surface area contributed by atoms with Crippen LogP contribution >= 0.6 is 0 Å². The van der Waals surface area contributed by atoms with Gasteiger partial charge in [0.1, 0.15) is 0 Å². The Morgan fingerprint density at radius 1 is 1.79 bits per heavy atom. The lowest BCUT2D eigenvalue weighted by Gasteiger charge is -1.95. The van der Waals surface area contributed by atoms with Gasteiger partial charge in [-0.25, -0.2) is 4.79 Å². The molecule has 0 bridgehead atoms. The van der Waals surface area contributed by atoms with Crippen LogP contribution < -0.4 is 0 Å². The third-order valence-corrected chi connectivity index (χ3v) is 1.47. The zero-order valence-corrected chi connectivity index (χ0v) is 7.08. The first-order chi connectivity index (χ1) is 6.50. The maximum Gasteiger partial charge on any atom is 0.389 e. The van der Waals surface area contributed by atoms with Gasteiger partial charge in [-0.15, -0.1) is 0 Å². The molecule has 74 valence electrons. The average Bonchev–Trinajstić information content (AvgIpc) is 2.52. The highest BCUT2D eigenvalue weighted by atomic mass is 16.6. The minimum Gasteiger partial charge on any atom is -0.478 e. The minimum absolute atomic E-state index is 0.0663. The third kappa shape index (κ3) is 2.16. The predicted octanol–water partition coefficient (Wildman–Crippen LogP) is 0.432. The van der Waals surface area contributed by atoms with E-state index in [1.54, 1.807) is 0 Å². The molecule has 7 nitrogen and oxygen atoms in total. The lowest BCUT2D eigenvalue weighted by molar-refractivity contribution is -0.389. The first-order valence-corrected chi connectivity index (χ1v) is 3.59. The lowest BCUT2D eigenvalue weighted by Crippen LogP contribution is -2.08. The molecule has 0 spiro atoms. The zero-order chi connectivity index (χ0) is 10.7. The number of carbonyl (C=O) groups is 1. The largest absolute Gasteiger partial charge is 0.478 e. The van der Waals surface area contributed by atoms with E-state index in [1.807, 2.05) is 0 Å². The molecule has 0 saturated carbocycles. The van der Waals surface area contributed by atoms with Crippen LogP contribution in [0.4, 0.5) is 5.82 Å². The van der Waals surface area contributed by atoms with Crippen LogP contribution in [-0.2, 0) is 11.3 Å². The number of hydrogen-bond acceptors (Lipinski definition) is 4. The van der Waals surface area contributed by atoms with Crippen LogP contribution in [0.2, 0.25) is 0 Å². The van der Waals surface area contributed by atoms with Crippen LogP contribution in [0.15, 0.2) is 24.4 Å².